The van der Waals surface area contributed by atoms with E-state index in [1.807, 2.05) is 12.3 Å². The molecule has 2 heterocycles. The first kappa shape index (κ1) is 16.9. The van der Waals surface area contributed by atoms with Crippen LogP contribution in [0.5, 0.6) is 0 Å². The van der Waals surface area contributed by atoms with E-state index in [0.717, 1.165) is 6.42 Å². The maximum absolute atomic E-state index is 12.7. The van der Waals surface area contributed by atoms with Crippen molar-refractivity contribution < 1.29 is 4.79 Å². The highest BCUT2D eigenvalue weighted by Crippen LogP contribution is 2.22. The first-order valence-electron chi connectivity index (χ1n) is 9.35. The molecule has 1 amide bonds. The van der Waals surface area contributed by atoms with Crippen LogP contribution in [-0.4, -0.2) is 26.5 Å². The molecular weight excluding hydrogens is 300 g/mol. The SMILES string of the molecule is CC1CCCCCCCCCC1NC(=O)c1cnn2cccnc12. The maximum atomic E-state index is 12.7. The van der Waals surface area contributed by atoms with Gasteiger partial charge in [-0.25, -0.2) is 9.50 Å². The number of aromatic nitrogens is 3. The molecule has 2 unspecified atom stereocenters. The van der Waals surface area contributed by atoms with E-state index in [2.05, 4.69) is 22.3 Å². The number of nitrogens with zero attached hydrogens (tertiary/aromatic N) is 3. The molecule has 130 valence electrons. The van der Waals surface area contributed by atoms with E-state index < -0.39 is 0 Å². The van der Waals surface area contributed by atoms with Crippen LogP contribution in [0.15, 0.2) is 24.7 Å². The molecule has 3 rings (SSSR count). The van der Waals surface area contributed by atoms with Crippen molar-refractivity contribution >= 4 is 11.6 Å². The summed E-state index contributed by atoms with van der Waals surface area (Å²) in [4.78, 5) is 17.0. The van der Waals surface area contributed by atoms with Crippen molar-refractivity contribution in [3.8, 4) is 0 Å². The molecule has 1 fully saturated rings. The van der Waals surface area contributed by atoms with E-state index in [-0.39, 0.29) is 11.9 Å². The molecule has 1 saturated carbocycles. The predicted molar refractivity (Wildman–Crippen MR) is 95.0 cm³/mol. The zero-order chi connectivity index (χ0) is 16.8. The van der Waals surface area contributed by atoms with Crippen molar-refractivity contribution in [2.45, 2.75) is 70.8 Å². The molecule has 24 heavy (non-hydrogen) atoms. The highest BCUT2D eigenvalue weighted by atomic mass is 16.1. The van der Waals surface area contributed by atoms with Crippen molar-refractivity contribution in [2.24, 2.45) is 5.92 Å². The van der Waals surface area contributed by atoms with Crippen molar-refractivity contribution in [1.29, 1.82) is 0 Å². The molecule has 2 aromatic rings. The van der Waals surface area contributed by atoms with E-state index in [0.29, 0.717) is 17.1 Å². The van der Waals surface area contributed by atoms with Gasteiger partial charge in [-0.2, -0.15) is 5.10 Å². The number of rotatable bonds is 2. The fourth-order valence-corrected chi connectivity index (χ4v) is 3.65. The summed E-state index contributed by atoms with van der Waals surface area (Å²) in [5.41, 5.74) is 1.19. The number of fused-ring (bicyclic) bond motifs is 1. The topological polar surface area (TPSA) is 59.3 Å². The Kier molecular flexibility index (Phi) is 5.83. The summed E-state index contributed by atoms with van der Waals surface area (Å²) in [7, 11) is 0. The van der Waals surface area contributed by atoms with Gasteiger partial charge < -0.3 is 5.32 Å². The molecule has 0 radical (unpaired) electrons. The summed E-state index contributed by atoms with van der Waals surface area (Å²) in [5.74, 6) is 0.470. The van der Waals surface area contributed by atoms with E-state index in [4.69, 9.17) is 0 Å². The van der Waals surface area contributed by atoms with Gasteiger partial charge in [-0.05, 0) is 24.8 Å². The van der Waals surface area contributed by atoms with Crippen LogP contribution in [0, 0.1) is 5.92 Å². The van der Waals surface area contributed by atoms with Gasteiger partial charge in [0, 0.05) is 18.4 Å². The molecule has 0 saturated heterocycles. The third-order valence-corrected chi connectivity index (χ3v) is 5.20. The Morgan fingerprint density at radius 2 is 1.83 bits per heavy atom. The average Bonchev–Trinajstić information content (AvgIpc) is 3.01. The minimum Gasteiger partial charge on any atom is -0.349 e. The molecule has 2 aromatic heterocycles. The number of amides is 1. The van der Waals surface area contributed by atoms with Crippen molar-refractivity contribution in [3.05, 3.63) is 30.2 Å². The summed E-state index contributed by atoms with van der Waals surface area (Å²) >= 11 is 0. The molecule has 0 bridgehead atoms. The first-order chi connectivity index (χ1) is 11.8. The molecule has 1 aliphatic rings. The van der Waals surface area contributed by atoms with Gasteiger partial charge in [0.25, 0.3) is 5.91 Å². The van der Waals surface area contributed by atoms with E-state index >= 15 is 0 Å². The first-order valence-corrected chi connectivity index (χ1v) is 9.35. The van der Waals surface area contributed by atoms with Gasteiger partial charge in [-0.3, -0.25) is 4.79 Å². The Balaban J connectivity index is 1.70. The molecule has 5 nitrogen and oxygen atoms in total. The molecular formula is C19H28N4O. The van der Waals surface area contributed by atoms with E-state index in [1.165, 1.54) is 51.4 Å². The standard InChI is InChI=1S/C19H28N4O/c1-15-10-7-5-3-2-4-6-8-11-17(15)22-19(24)16-14-21-23-13-9-12-20-18(16)23/h9,12-15,17H,2-8,10-11H2,1H3,(H,22,24). The highest BCUT2D eigenvalue weighted by Gasteiger charge is 2.22. The van der Waals surface area contributed by atoms with Crippen LogP contribution in [0.3, 0.4) is 0 Å². The summed E-state index contributed by atoms with van der Waals surface area (Å²) in [5, 5.41) is 7.49. The van der Waals surface area contributed by atoms with Gasteiger partial charge in [0.15, 0.2) is 5.65 Å². The van der Waals surface area contributed by atoms with Gasteiger partial charge >= 0.3 is 0 Å². The number of carbonyl (C=O) groups excluding carboxylic acids is 1. The van der Waals surface area contributed by atoms with Crippen molar-refractivity contribution in [2.75, 3.05) is 0 Å². The minimum absolute atomic E-state index is 0.0459. The zero-order valence-corrected chi connectivity index (χ0v) is 14.6. The molecule has 1 N–H and O–H groups in total. The van der Waals surface area contributed by atoms with Crippen molar-refractivity contribution in [1.82, 2.24) is 19.9 Å². The number of carbonyl (C=O) groups is 1. The fraction of sp³-hybridized carbons (Fsp3) is 0.632. The van der Waals surface area contributed by atoms with Crippen LogP contribution in [0.1, 0.15) is 75.1 Å². The lowest BCUT2D eigenvalue weighted by Crippen LogP contribution is -2.39. The lowest BCUT2D eigenvalue weighted by atomic mass is 9.92. The third kappa shape index (κ3) is 4.13. The Morgan fingerprint density at radius 1 is 1.12 bits per heavy atom. The van der Waals surface area contributed by atoms with Crippen LogP contribution in [0.2, 0.25) is 0 Å². The average molecular weight is 328 g/mol. The van der Waals surface area contributed by atoms with Crippen LogP contribution < -0.4 is 5.32 Å². The zero-order valence-electron chi connectivity index (χ0n) is 14.6. The quantitative estimate of drug-likeness (QED) is 0.907. The van der Waals surface area contributed by atoms with Crippen LogP contribution in [-0.2, 0) is 0 Å². The Labute approximate surface area is 143 Å². The Bertz CT molecular complexity index is 666. The number of hydrogen-bond acceptors (Lipinski definition) is 3. The largest absolute Gasteiger partial charge is 0.349 e. The second kappa shape index (κ2) is 8.27. The van der Waals surface area contributed by atoms with Crippen LogP contribution in [0.4, 0.5) is 0 Å². The van der Waals surface area contributed by atoms with Gasteiger partial charge in [0.05, 0.1) is 6.20 Å². The second-order valence-electron chi connectivity index (χ2n) is 7.06. The summed E-state index contributed by atoms with van der Waals surface area (Å²) < 4.78 is 1.65. The van der Waals surface area contributed by atoms with Gasteiger partial charge in [-0.1, -0.05) is 51.9 Å². The number of hydrogen-bond donors (Lipinski definition) is 1. The van der Waals surface area contributed by atoms with Crippen LogP contribution >= 0.6 is 0 Å². The lowest BCUT2D eigenvalue weighted by Gasteiger charge is -2.25. The third-order valence-electron chi connectivity index (χ3n) is 5.20. The minimum atomic E-state index is -0.0459. The molecule has 2 atom stereocenters. The lowest BCUT2D eigenvalue weighted by molar-refractivity contribution is 0.0919. The summed E-state index contributed by atoms with van der Waals surface area (Å²) in [6, 6.07) is 2.06. The Morgan fingerprint density at radius 3 is 2.62 bits per heavy atom. The molecule has 0 aliphatic heterocycles. The predicted octanol–water partition coefficient (Wildman–Crippen LogP) is 3.99. The maximum Gasteiger partial charge on any atom is 0.256 e. The van der Waals surface area contributed by atoms with E-state index in [9.17, 15) is 4.79 Å². The van der Waals surface area contributed by atoms with Crippen LogP contribution in [0.25, 0.3) is 5.65 Å². The molecule has 0 aromatic carbocycles. The molecule has 1 aliphatic carbocycles. The molecule has 0 spiro atoms. The normalized spacial score (nSPS) is 23.5. The van der Waals surface area contributed by atoms with E-state index in [1.54, 1.807) is 16.9 Å². The van der Waals surface area contributed by atoms with Crippen molar-refractivity contribution in [3.63, 3.8) is 0 Å². The highest BCUT2D eigenvalue weighted by molar-refractivity contribution is 5.99. The molecule has 5 heteroatoms. The second-order valence-corrected chi connectivity index (χ2v) is 7.06. The van der Waals surface area contributed by atoms with Gasteiger partial charge in [0.1, 0.15) is 5.56 Å². The van der Waals surface area contributed by atoms with Gasteiger partial charge in [-0.15, -0.1) is 0 Å². The smallest absolute Gasteiger partial charge is 0.256 e. The fourth-order valence-electron chi connectivity index (χ4n) is 3.65. The summed E-state index contributed by atoms with van der Waals surface area (Å²) in [6.07, 6.45) is 16.5. The van der Waals surface area contributed by atoms with Gasteiger partial charge in [0.2, 0.25) is 0 Å². The Hall–Kier alpha value is -1.91. The monoisotopic (exact) mass is 328 g/mol. The number of nitrogens with one attached hydrogen (secondary N) is 1. The summed E-state index contributed by atoms with van der Waals surface area (Å²) in [6.45, 7) is 2.27.